The molecule has 0 aromatic heterocycles. The fraction of sp³-hybridized carbons (Fsp3) is 0.520. The van der Waals surface area contributed by atoms with Crippen molar-refractivity contribution >= 4 is 23.2 Å². The van der Waals surface area contributed by atoms with Crippen LogP contribution in [0.25, 0.3) is 0 Å². The fourth-order valence-electron chi connectivity index (χ4n) is 4.29. The molecule has 0 radical (unpaired) electrons. The number of hydrogen-bond acceptors (Lipinski definition) is 1. The summed E-state index contributed by atoms with van der Waals surface area (Å²) in [4.78, 5) is 2.33. The molecule has 2 aromatic rings. The van der Waals surface area contributed by atoms with E-state index in [0.29, 0.717) is 0 Å². The van der Waals surface area contributed by atoms with Crippen molar-refractivity contribution in [3.8, 4) is 0 Å². The molecule has 2 saturated carbocycles. The van der Waals surface area contributed by atoms with E-state index in [1.807, 2.05) is 0 Å². The van der Waals surface area contributed by atoms with Gasteiger partial charge >= 0.3 is 0 Å². The zero-order valence-electron chi connectivity index (χ0n) is 16.9. The molecule has 4 rings (SSSR count). The molecule has 28 heavy (non-hydrogen) atoms. The second-order valence-electron chi connectivity index (χ2n) is 8.54. The van der Waals surface area contributed by atoms with Gasteiger partial charge in [0.2, 0.25) is 0 Å². The number of alkyl halides is 2. The standard InChI is InChI=1S/C25H31Cl2N/c1-2-28(19-13-20-8-4-3-5-9-20)18-7-10-21-22(24(26)14-15-24)11-6-12-23(21)25(27)16-17-25/h3-6,8-9,11-12H,2,7,10,13-19H2,1H3. The van der Waals surface area contributed by atoms with Gasteiger partial charge in [-0.15, -0.1) is 23.2 Å². The first-order chi connectivity index (χ1) is 13.5. The summed E-state index contributed by atoms with van der Waals surface area (Å²) in [6.07, 6.45) is 7.74. The highest BCUT2D eigenvalue weighted by Crippen LogP contribution is 2.58. The van der Waals surface area contributed by atoms with Gasteiger partial charge in [-0.2, -0.15) is 0 Å². The third-order valence-corrected chi connectivity index (χ3v) is 7.59. The fourth-order valence-corrected chi connectivity index (χ4v) is 4.84. The van der Waals surface area contributed by atoms with Crippen molar-refractivity contribution in [2.24, 2.45) is 0 Å². The average Bonchev–Trinajstić information content (AvgIpc) is 3.64. The molecular formula is C25H31Cl2N. The number of likely N-dealkylation sites (N-methyl/N-ethyl adjacent to an activating group) is 1. The molecular weight excluding hydrogens is 385 g/mol. The topological polar surface area (TPSA) is 3.24 Å². The Morgan fingerprint density at radius 3 is 1.93 bits per heavy atom. The normalized spacial score (nSPS) is 19.0. The molecule has 150 valence electrons. The number of nitrogens with zero attached hydrogens (tertiary/aromatic N) is 1. The Bertz CT molecular complexity index is 757. The Morgan fingerprint density at radius 2 is 1.39 bits per heavy atom. The lowest BCUT2D eigenvalue weighted by molar-refractivity contribution is 0.288. The molecule has 0 atom stereocenters. The maximum Gasteiger partial charge on any atom is 0.0699 e. The second kappa shape index (κ2) is 8.38. The first-order valence-electron chi connectivity index (χ1n) is 10.8. The zero-order chi connectivity index (χ0) is 19.6. The van der Waals surface area contributed by atoms with Gasteiger partial charge in [0.25, 0.3) is 0 Å². The quantitative estimate of drug-likeness (QED) is 0.393. The van der Waals surface area contributed by atoms with E-state index in [1.165, 1.54) is 22.3 Å². The Morgan fingerprint density at radius 1 is 0.786 bits per heavy atom. The number of benzene rings is 2. The monoisotopic (exact) mass is 415 g/mol. The molecule has 0 amide bonds. The van der Waals surface area contributed by atoms with Crippen LogP contribution in [-0.2, 0) is 22.6 Å². The van der Waals surface area contributed by atoms with Gasteiger partial charge in [-0.05, 0) is 80.3 Å². The smallest absolute Gasteiger partial charge is 0.0699 e. The summed E-state index contributed by atoms with van der Waals surface area (Å²) in [5, 5.41) is 0. The Kier molecular flexibility index (Phi) is 6.06. The molecule has 3 heteroatoms. The van der Waals surface area contributed by atoms with Gasteiger partial charge in [-0.25, -0.2) is 0 Å². The van der Waals surface area contributed by atoms with Gasteiger partial charge in [-0.3, -0.25) is 0 Å². The summed E-state index contributed by atoms with van der Waals surface area (Å²) < 4.78 is 0. The van der Waals surface area contributed by atoms with E-state index in [2.05, 4.69) is 60.4 Å². The van der Waals surface area contributed by atoms with Crippen LogP contribution in [0.2, 0.25) is 0 Å². The summed E-state index contributed by atoms with van der Waals surface area (Å²) in [6.45, 7) is 5.61. The summed E-state index contributed by atoms with van der Waals surface area (Å²) in [7, 11) is 0. The predicted octanol–water partition coefficient (Wildman–Crippen LogP) is 6.64. The lowest BCUT2D eigenvalue weighted by atomic mass is 9.91. The van der Waals surface area contributed by atoms with Crippen molar-refractivity contribution in [1.82, 2.24) is 4.90 Å². The van der Waals surface area contributed by atoms with Gasteiger partial charge in [0.15, 0.2) is 0 Å². The van der Waals surface area contributed by atoms with Gasteiger partial charge in [0, 0.05) is 6.54 Å². The van der Waals surface area contributed by atoms with Crippen molar-refractivity contribution in [2.45, 2.75) is 61.6 Å². The minimum atomic E-state index is -0.120. The third kappa shape index (κ3) is 4.58. The predicted molar refractivity (Wildman–Crippen MR) is 121 cm³/mol. The molecule has 0 saturated heterocycles. The van der Waals surface area contributed by atoms with Crippen molar-refractivity contribution in [3.05, 3.63) is 70.8 Å². The average molecular weight is 416 g/mol. The SMILES string of the molecule is CCN(CCCc1c(C2(Cl)CC2)cccc1C1(Cl)CC1)CCc1ccccc1. The van der Waals surface area contributed by atoms with E-state index < -0.39 is 0 Å². The van der Waals surface area contributed by atoms with E-state index in [4.69, 9.17) is 23.2 Å². The molecule has 0 bridgehead atoms. The van der Waals surface area contributed by atoms with Gasteiger partial charge < -0.3 is 4.90 Å². The Hall–Kier alpha value is -1.02. The number of halogens is 2. The maximum absolute atomic E-state index is 6.85. The van der Waals surface area contributed by atoms with Crippen LogP contribution in [0.4, 0.5) is 0 Å². The van der Waals surface area contributed by atoms with Crippen molar-refractivity contribution in [2.75, 3.05) is 19.6 Å². The van der Waals surface area contributed by atoms with Crippen LogP contribution in [0, 0.1) is 0 Å². The van der Waals surface area contributed by atoms with Crippen LogP contribution in [0.3, 0.4) is 0 Å². The molecule has 0 spiro atoms. The highest BCUT2D eigenvalue weighted by molar-refractivity contribution is 6.27. The zero-order valence-corrected chi connectivity index (χ0v) is 18.4. The van der Waals surface area contributed by atoms with Crippen molar-refractivity contribution in [1.29, 1.82) is 0 Å². The largest absolute Gasteiger partial charge is 0.303 e. The van der Waals surface area contributed by atoms with Crippen LogP contribution in [-0.4, -0.2) is 24.5 Å². The van der Waals surface area contributed by atoms with Crippen molar-refractivity contribution < 1.29 is 0 Å². The molecule has 2 aromatic carbocycles. The molecule has 2 aliphatic carbocycles. The van der Waals surface area contributed by atoms with E-state index in [1.54, 1.807) is 0 Å². The molecule has 0 N–H and O–H groups in total. The first kappa shape index (κ1) is 20.3. The summed E-state index contributed by atoms with van der Waals surface area (Å²) in [5.41, 5.74) is 5.57. The molecule has 0 aliphatic heterocycles. The lowest BCUT2D eigenvalue weighted by Gasteiger charge is -2.23. The minimum Gasteiger partial charge on any atom is -0.303 e. The first-order valence-corrected chi connectivity index (χ1v) is 11.6. The highest BCUT2D eigenvalue weighted by Gasteiger charge is 2.48. The van der Waals surface area contributed by atoms with E-state index in [-0.39, 0.29) is 9.75 Å². The van der Waals surface area contributed by atoms with Gasteiger partial charge in [-0.1, -0.05) is 55.5 Å². The van der Waals surface area contributed by atoms with Crippen molar-refractivity contribution in [3.63, 3.8) is 0 Å². The van der Waals surface area contributed by atoms with Crippen LogP contribution < -0.4 is 0 Å². The third-order valence-electron chi connectivity index (χ3n) is 6.43. The summed E-state index contributed by atoms with van der Waals surface area (Å²) in [6, 6.07) is 17.4. The van der Waals surface area contributed by atoms with Crippen LogP contribution in [0.15, 0.2) is 48.5 Å². The second-order valence-corrected chi connectivity index (χ2v) is 9.98. The summed E-state index contributed by atoms with van der Waals surface area (Å²) >= 11 is 13.7. The molecule has 2 aliphatic rings. The molecule has 2 fully saturated rings. The van der Waals surface area contributed by atoms with E-state index in [0.717, 1.165) is 64.6 Å². The maximum atomic E-state index is 6.85. The molecule has 0 heterocycles. The Balaban J connectivity index is 1.40. The van der Waals surface area contributed by atoms with E-state index >= 15 is 0 Å². The van der Waals surface area contributed by atoms with Gasteiger partial charge in [0.05, 0.1) is 9.75 Å². The number of rotatable bonds is 10. The highest BCUT2D eigenvalue weighted by atomic mass is 35.5. The molecule has 0 unspecified atom stereocenters. The Labute approximate surface area is 180 Å². The lowest BCUT2D eigenvalue weighted by Crippen LogP contribution is -2.27. The summed E-state index contributed by atoms with van der Waals surface area (Å²) in [5.74, 6) is 0. The van der Waals surface area contributed by atoms with Crippen LogP contribution in [0.5, 0.6) is 0 Å². The molecule has 1 nitrogen and oxygen atoms in total. The number of hydrogen-bond donors (Lipinski definition) is 0. The minimum absolute atomic E-state index is 0.120. The van der Waals surface area contributed by atoms with Crippen LogP contribution >= 0.6 is 23.2 Å². The van der Waals surface area contributed by atoms with Gasteiger partial charge in [0.1, 0.15) is 0 Å². The van der Waals surface area contributed by atoms with Crippen LogP contribution in [0.1, 0.15) is 61.3 Å². The van der Waals surface area contributed by atoms with E-state index in [9.17, 15) is 0 Å².